The van der Waals surface area contributed by atoms with E-state index in [-0.39, 0.29) is 37.5 Å². The van der Waals surface area contributed by atoms with E-state index < -0.39 is 61.7 Å². The fourth-order valence-electron chi connectivity index (χ4n) is 9.64. The number of likely N-dealkylation sites (tertiary alicyclic amines) is 2. The van der Waals surface area contributed by atoms with E-state index in [0.29, 0.717) is 37.5 Å². The predicted molar refractivity (Wildman–Crippen MR) is 249 cm³/mol. The molecule has 5 aliphatic carbocycles. The van der Waals surface area contributed by atoms with Gasteiger partial charge in [0.25, 0.3) is 5.91 Å². The van der Waals surface area contributed by atoms with Crippen molar-refractivity contribution in [3.8, 4) is 23.5 Å². The molecular weight excluding hydrogens is 861 g/mol. The van der Waals surface area contributed by atoms with E-state index in [0.717, 1.165) is 93.1 Å². The van der Waals surface area contributed by atoms with Crippen molar-refractivity contribution in [2.24, 2.45) is 28.9 Å². The summed E-state index contributed by atoms with van der Waals surface area (Å²) < 4.78 is 46.8. The van der Waals surface area contributed by atoms with Crippen molar-refractivity contribution < 1.29 is 41.8 Å². The summed E-state index contributed by atoms with van der Waals surface area (Å²) >= 11 is 0. The highest BCUT2D eigenvalue weighted by Gasteiger charge is 2.56. The number of allylic oxidation sites excluding steroid dienone is 3. The zero-order chi connectivity index (χ0) is 47.0. The van der Waals surface area contributed by atoms with Crippen LogP contribution in [0, 0.1) is 35.0 Å². The third kappa shape index (κ3) is 10.9. The molecule has 2 saturated heterocycles. The van der Waals surface area contributed by atoms with Crippen molar-refractivity contribution in [1.29, 1.82) is 0 Å². The van der Waals surface area contributed by atoms with E-state index in [1.807, 2.05) is 32.9 Å². The topological polar surface area (TPSA) is 200 Å². The van der Waals surface area contributed by atoms with Gasteiger partial charge in [0.1, 0.15) is 30.1 Å². The number of nitrogens with two attached hydrogens (primary N) is 1. The van der Waals surface area contributed by atoms with Crippen LogP contribution in [-0.2, 0) is 42.0 Å². The Kier molecular flexibility index (Phi) is 13.7. The molecule has 4 amide bonds. The second-order valence-electron chi connectivity index (χ2n) is 21.1. The van der Waals surface area contributed by atoms with E-state index in [1.165, 1.54) is 23.8 Å². The summed E-state index contributed by atoms with van der Waals surface area (Å²) in [6.45, 7) is 14.4. The minimum Gasteiger partial charge on any atom is -0.489 e. The summed E-state index contributed by atoms with van der Waals surface area (Å²) in [5, 5.41) is 2.80. The number of piperidine rings is 1. The monoisotopic (exact) mass is 928 g/mol. The predicted octanol–water partition coefficient (Wildman–Crippen LogP) is 5.50. The van der Waals surface area contributed by atoms with Crippen molar-refractivity contribution >= 4 is 39.9 Å². The highest BCUT2D eigenvalue weighted by atomic mass is 32.2. The van der Waals surface area contributed by atoms with Gasteiger partial charge < -0.3 is 35.1 Å². The Hall–Kier alpha value is -4.88. The van der Waals surface area contributed by atoms with E-state index >= 15 is 0 Å². The number of amides is 4. The average Bonchev–Trinajstić information content (AvgIpc) is 4.17. The van der Waals surface area contributed by atoms with Crippen LogP contribution in [-0.4, -0.2) is 108 Å². The lowest BCUT2D eigenvalue weighted by atomic mass is 9.76. The van der Waals surface area contributed by atoms with Crippen LogP contribution in [0.1, 0.15) is 128 Å². The number of hydrogen-bond donors (Lipinski definition) is 3. The Bertz CT molecular complexity index is 2310. The van der Waals surface area contributed by atoms with Gasteiger partial charge in [0, 0.05) is 44.5 Å². The number of primary amides is 1. The van der Waals surface area contributed by atoms with Gasteiger partial charge in [-0.25, -0.2) is 22.9 Å². The molecule has 16 heteroatoms. The molecule has 1 aromatic heterocycles. The minimum absolute atomic E-state index is 0.00549. The Balaban J connectivity index is 1.05. The number of hydrogen-bond acceptors (Lipinski definition) is 11. The first-order valence-electron chi connectivity index (χ1n) is 24.1. The van der Waals surface area contributed by atoms with Gasteiger partial charge in [0.05, 0.1) is 28.5 Å². The fraction of sp³-hybridized carbons (Fsp3) is 0.660. The molecule has 3 heterocycles. The van der Waals surface area contributed by atoms with Crippen LogP contribution < -0.4 is 25.2 Å². The Morgan fingerprint density at radius 3 is 2.44 bits per heavy atom. The normalized spacial score (nSPS) is 27.6. The summed E-state index contributed by atoms with van der Waals surface area (Å²) in [5.74, 6) is 5.21. The molecule has 1 aromatic rings. The van der Waals surface area contributed by atoms with Crippen LogP contribution in [0.15, 0.2) is 30.9 Å². The molecule has 7 aliphatic rings. The number of sulfonamides is 1. The number of nitrogens with one attached hydrogen (secondary N) is 2. The molecule has 15 nitrogen and oxygen atoms in total. The van der Waals surface area contributed by atoms with E-state index in [2.05, 4.69) is 45.5 Å². The molecule has 0 unspecified atom stereocenters. The molecule has 6 atom stereocenters. The lowest BCUT2D eigenvalue weighted by Gasteiger charge is -2.38. The largest absolute Gasteiger partial charge is 0.489 e. The molecule has 4 N–H and O–H groups in total. The molecule has 8 rings (SSSR count). The maximum absolute atomic E-state index is 14.6. The number of aromatic nitrogens is 1. The first-order chi connectivity index (χ1) is 31.4. The maximum atomic E-state index is 14.6. The Labute approximate surface area is 390 Å². The molecule has 358 valence electrons. The summed E-state index contributed by atoms with van der Waals surface area (Å²) in [5.41, 5.74) is 5.54. The zero-order valence-electron chi connectivity index (χ0n) is 39.1. The number of pyridine rings is 1. The van der Waals surface area contributed by atoms with Gasteiger partial charge in [0.2, 0.25) is 27.7 Å². The van der Waals surface area contributed by atoms with Gasteiger partial charge in [0.15, 0.2) is 5.54 Å². The number of carbonyl (C=O) groups excluding carboxylic acids is 4. The maximum Gasteiger partial charge on any atom is 0.404 e. The second kappa shape index (κ2) is 19.0. The highest BCUT2D eigenvalue weighted by Crippen LogP contribution is 2.44. The van der Waals surface area contributed by atoms with Crippen LogP contribution in [0.5, 0.6) is 11.6 Å². The molecule has 3 saturated carbocycles. The number of carbonyl (C=O) groups is 4. The van der Waals surface area contributed by atoms with Crippen LogP contribution in [0.4, 0.5) is 4.79 Å². The molecule has 0 bridgehead atoms. The van der Waals surface area contributed by atoms with Gasteiger partial charge in [-0.05, 0) is 94.5 Å². The zero-order valence-corrected chi connectivity index (χ0v) is 39.9. The number of fused-ring (bicyclic) bond motifs is 1. The smallest absolute Gasteiger partial charge is 0.404 e. The quantitative estimate of drug-likeness (QED) is 0.0848. The van der Waals surface area contributed by atoms with Crippen molar-refractivity contribution in [3.05, 3.63) is 47.7 Å². The third-order valence-corrected chi connectivity index (χ3v) is 16.4. The van der Waals surface area contributed by atoms with Gasteiger partial charge in [-0.3, -0.25) is 14.4 Å². The minimum atomic E-state index is -4.05. The van der Waals surface area contributed by atoms with Crippen LogP contribution in [0.25, 0.3) is 6.08 Å². The first-order valence-corrected chi connectivity index (χ1v) is 25.6. The lowest BCUT2D eigenvalue weighted by Crippen LogP contribution is -2.67. The molecule has 2 aliphatic heterocycles. The molecule has 0 aromatic carbocycles. The third-order valence-electron chi connectivity index (χ3n) is 14.3. The summed E-state index contributed by atoms with van der Waals surface area (Å²) in [6.07, 6.45) is 19.2. The summed E-state index contributed by atoms with van der Waals surface area (Å²) in [7, 11) is -4.05. The van der Waals surface area contributed by atoms with Gasteiger partial charge in [-0.2, -0.15) is 0 Å². The lowest BCUT2D eigenvalue weighted by molar-refractivity contribution is -0.141. The second-order valence-corrected chi connectivity index (χ2v) is 23.3. The molecular formula is C50H68N6O9S. The fourth-order valence-corrected chi connectivity index (χ4v) is 10.9. The first kappa shape index (κ1) is 47.6. The molecule has 5 fully saturated rings. The molecule has 0 spiro atoms. The van der Waals surface area contributed by atoms with E-state index in [4.69, 9.17) is 24.9 Å². The van der Waals surface area contributed by atoms with Crippen molar-refractivity contribution in [1.82, 2.24) is 24.8 Å². The van der Waals surface area contributed by atoms with Crippen molar-refractivity contribution in [2.45, 2.75) is 159 Å². The van der Waals surface area contributed by atoms with Crippen LogP contribution in [0.3, 0.4) is 0 Å². The highest BCUT2D eigenvalue weighted by molar-refractivity contribution is 7.91. The summed E-state index contributed by atoms with van der Waals surface area (Å²) in [6, 6.07) is -1.06. The van der Waals surface area contributed by atoms with Crippen LogP contribution >= 0.6 is 0 Å². The molecule has 66 heavy (non-hydrogen) atoms. The number of rotatable bonds is 20. The van der Waals surface area contributed by atoms with Gasteiger partial charge in [-0.15, -0.1) is 6.58 Å². The number of ether oxygens (including phenoxy) is 3. The molecule has 0 radical (unpaired) electrons. The van der Waals surface area contributed by atoms with Gasteiger partial charge >= 0.3 is 6.09 Å². The number of nitrogens with zero attached hydrogens (tertiary/aromatic N) is 3. The summed E-state index contributed by atoms with van der Waals surface area (Å²) in [4.78, 5) is 63.2. The van der Waals surface area contributed by atoms with Crippen molar-refractivity contribution in [2.75, 3.05) is 26.2 Å². The van der Waals surface area contributed by atoms with Gasteiger partial charge in [-0.1, -0.05) is 69.8 Å². The van der Waals surface area contributed by atoms with Crippen LogP contribution in [0.2, 0.25) is 0 Å². The van der Waals surface area contributed by atoms with Crippen molar-refractivity contribution in [3.63, 3.8) is 0 Å². The van der Waals surface area contributed by atoms with E-state index in [9.17, 15) is 27.6 Å². The average molecular weight is 929 g/mol. The Morgan fingerprint density at radius 1 is 1.03 bits per heavy atom. The van der Waals surface area contributed by atoms with E-state index in [1.54, 1.807) is 6.92 Å². The SMILES string of the molecule is C=C[C@@H]1C#C[C@]1(NC(=O)[C@@H]1C[C@@H](Oc2nc3c(c(OC4CCN(CC5CC5)CC4)c2CCCCC[C@@H]2C[C@H]2OC(N)=O)C=CC=CC3)CN1C(=O)CC(C)(C)C)C(=O)NS(=O)(=O)C1(C)CC1. The standard InChI is InChI=1S/C50H68N6O9S/c1-6-34-19-22-50(34,46(59)54-66(61,62)49(5)23-24-49)53-44(58)40-28-36(31-56(40)42(57)29-48(2,3)4)64-45-38(15-11-7-9-13-33-27-41(33)65-47(51)60)43(37-14-10-8-12-16-39(37)52-45)63-35-20-25-55(26-21-35)30-32-17-18-32/h6,8,10,12,14,32-36,40-41H,1,7,9,11,13,15-18,20-21,23-31H2,2-5H3,(H2,51,60)(H,53,58)(H,54,59)/t33-,34-,36-,40+,41-,50-/m1/s1. The number of unbranched alkanes of at least 4 members (excludes halogenated alkanes) is 2. The Morgan fingerprint density at radius 2 is 1.79 bits per heavy atom.